The number of anilines is 1. The SMILES string of the molecule is O=C(O)c1ccc(C(=O)NCC2CCN(c3ccncc3)CC2)cc1. The first-order valence-corrected chi connectivity index (χ1v) is 8.40. The monoisotopic (exact) mass is 339 g/mol. The molecular formula is C19H21N3O3. The van der Waals surface area contributed by atoms with E-state index >= 15 is 0 Å². The molecule has 2 aromatic rings. The molecule has 130 valence electrons. The molecule has 1 amide bonds. The van der Waals surface area contributed by atoms with E-state index in [1.807, 2.05) is 12.1 Å². The quantitative estimate of drug-likeness (QED) is 0.874. The van der Waals surface area contributed by atoms with Crippen LogP contribution < -0.4 is 10.2 Å². The van der Waals surface area contributed by atoms with Crippen molar-refractivity contribution in [1.82, 2.24) is 10.3 Å². The molecule has 0 atom stereocenters. The number of carboxylic acids is 1. The van der Waals surface area contributed by atoms with E-state index in [-0.39, 0.29) is 11.5 Å². The summed E-state index contributed by atoms with van der Waals surface area (Å²) in [4.78, 5) is 29.4. The Hall–Kier alpha value is -2.89. The van der Waals surface area contributed by atoms with Crippen LogP contribution in [0, 0.1) is 5.92 Å². The number of hydrogen-bond acceptors (Lipinski definition) is 4. The molecule has 1 aliphatic rings. The average Bonchev–Trinajstić information content (AvgIpc) is 2.67. The Balaban J connectivity index is 1.46. The van der Waals surface area contributed by atoms with Gasteiger partial charge in [0.15, 0.2) is 0 Å². The van der Waals surface area contributed by atoms with E-state index in [0.29, 0.717) is 18.0 Å². The second-order valence-electron chi connectivity index (χ2n) is 6.23. The maximum atomic E-state index is 12.2. The van der Waals surface area contributed by atoms with E-state index in [0.717, 1.165) is 25.9 Å². The van der Waals surface area contributed by atoms with Crippen LogP contribution in [0.3, 0.4) is 0 Å². The molecule has 6 heteroatoms. The summed E-state index contributed by atoms with van der Waals surface area (Å²) in [6.07, 6.45) is 5.66. The van der Waals surface area contributed by atoms with E-state index in [4.69, 9.17) is 5.11 Å². The molecule has 3 rings (SSSR count). The lowest BCUT2D eigenvalue weighted by molar-refractivity contribution is 0.0696. The number of rotatable bonds is 5. The second kappa shape index (κ2) is 7.79. The Bertz CT molecular complexity index is 723. The Morgan fingerprint density at radius 2 is 1.64 bits per heavy atom. The van der Waals surface area contributed by atoms with Crippen molar-refractivity contribution >= 4 is 17.6 Å². The number of aromatic carboxylic acids is 1. The topological polar surface area (TPSA) is 82.5 Å². The first-order chi connectivity index (χ1) is 12.1. The molecule has 1 aromatic heterocycles. The predicted octanol–water partition coefficient (Wildman–Crippen LogP) is 2.43. The lowest BCUT2D eigenvalue weighted by atomic mass is 9.96. The summed E-state index contributed by atoms with van der Waals surface area (Å²) < 4.78 is 0. The van der Waals surface area contributed by atoms with Crippen LogP contribution in [0.15, 0.2) is 48.8 Å². The molecule has 0 aliphatic carbocycles. The third-order valence-corrected chi connectivity index (χ3v) is 4.59. The van der Waals surface area contributed by atoms with Crippen molar-refractivity contribution < 1.29 is 14.7 Å². The Kier molecular flexibility index (Phi) is 5.28. The number of nitrogens with one attached hydrogen (secondary N) is 1. The zero-order chi connectivity index (χ0) is 17.6. The van der Waals surface area contributed by atoms with Crippen molar-refractivity contribution in [3.63, 3.8) is 0 Å². The van der Waals surface area contributed by atoms with Gasteiger partial charge in [-0.05, 0) is 55.2 Å². The summed E-state index contributed by atoms with van der Waals surface area (Å²) in [7, 11) is 0. The fraction of sp³-hybridized carbons (Fsp3) is 0.316. The molecule has 0 bridgehead atoms. The highest BCUT2D eigenvalue weighted by molar-refractivity contribution is 5.95. The van der Waals surface area contributed by atoms with E-state index < -0.39 is 5.97 Å². The third-order valence-electron chi connectivity index (χ3n) is 4.59. The van der Waals surface area contributed by atoms with Gasteiger partial charge >= 0.3 is 5.97 Å². The summed E-state index contributed by atoms with van der Waals surface area (Å²) in [5.74, 6) is -0.693. The molecule has 2 heterocycles. The van der Waals surface area contributed by atoms with Crippen LogP contribution in [0.25, 0.3) is 0 Å². The highest BCUT2D eigenvalue weighted by Crippen LogP contribution is 2.22. The molecule has 0 radical (unpaired) electrons. The number of piperidine rings is 1. The lowest BCUT2D eigenvalue weighted by Gasteiger charge is -2.33. The summed E-state index contributed by atoms with van der Waals surface area (Å²) in [5, 5.41) is 11.8. The van der Waals surface area contributed by atoms with Crippen LogP contribution in [0.2, 0.25) is 0 Å². The average molecular weight is 339 g/mol. The number of carbonyl (C=O) groups is 2. The highest BCUT2D eigenvalue weighted by Gasteiger charge is 2.20. The van der Waals surface area contributed by atoms with Crippen LogP contribution in [-0.4, -0.2) is 41.6 Å². The van der Waals surface area contributed by atoms with Crippen molar-refractivity contribution in [2.24, 2.45) is 5.92 Å². The molecule has 1 aromatic carbocycles. The first kappa shape index (κ1) is 17.0. The molecule has 2 N–H and O–H groups in total. The Morgan fingerprint density at radius 3 is 2.24 bits per heavy atom. The van der Waals surface area contributed by atoms with Crippen molar-refractivity contribution in [3.8, 4) is 0 Å². The van der Waals surface area contributed by atoms with Crippen LogP contribution >= 0.6 is 0 Å². The predicted molar refractivity (Wildman–Crippen MR) is 94.9 cm³/mol. The maximum absolute atomic E-state index is 12.2. The zero-order valence-electron chi connectivity index (χ0n) is 13.9. The highest BCUT2D eigenvalue weighted by atomic mass is 16.4. The van der Waals surface area contributed by atoms with Crippen molar-refractivity contribution in [1.29, 1.82) is 0 Å². The Morgan fingerprint density at radius 1 is 1.04 bits per heavy atom. The van der Waals surface area contributed by atoms with Gasteiger partial charge in [0.25, 0.3) is 5.91 Å². The van der Waals surface area contributed by atoms with Gasteiger partial charge in [-0.2, -0.15) is 0 Å². The summed E-state index contributed by atoms with van der Waals surface area (Å²) in [6, 6.07) is 10.0. The van der Waals surface area contributed by atoms with E-state index in [1.54, 1.807) is 24.5 Å². The van der Waals surface area contributed by atoms with Gasteiger partial charge in [-0.15, -0.1) is 0 Å². The lowest BCUT2D eigenvalue weighted by Crippen LogP contribution is -2.38. The van der Waals surface area contributed by atoms with Gasteiger partial charge in [0.2, 0.25) is 0 Å². The minimum atomic E-state index is -0.993. The van der Waals surface area contributed by atoms with E-state index in [1.165, 1.54) is 17.8 Å². The van der Waals surface area contributed by atoms with Gasteiger partial charge in [0, 0.05) is 43.3 Å². The smallest absolute Gasteiger partial charge is 0.335 e. The van der Waals surface area contributed by atoms with Gasteiger partial charge < -0.3 is 15.3 Å². The van der Waals surface area contributed by atoms with Crippen molar-refractivity contribution in [2.45, 2.75) is 12.8 Å². The van der Waals surface area contributed by atoms with Gasteiger partial charge in [0.05, 0.1) is 5.56 Å². The van der Waals surface area contributed by atoms with Crippen molar-refractivity contribution in [3.05, 3.63) is 59.9 Å². The molecule has 1 aliphatic heterocycles. The van der Waals surface area contributed by atoms with E-state index in [9.17, 15) is 9.59 Å². The molecule has 25 heavy (non-hydrogen) atoms. The number of hydrogen-bond donors (Lipinski definition) is 2. The van der Waals surface area contributed by atoms with Gasteiger partial charge in [-0.1, -0.05) is 0 Å². The standard InChI is InChI=1S/C19H21N3O3/c23-18(15-1-3-16(4-2-15)19(24)25)21-13-14-7-11-22(12-8-14)17-5-9-20-10-6-17/h1-6,9-10,14H,7-8,11-13H2,(H,21,23)(H,24,25). The van der Waals surface area contributed by atoms with Gasteiger partial charge in [-0.25, -0.2) is 4.79 Å². The normalized spacial score (nSPS) is 15.0. The number of aromatic nitrogens is 1. The molecule has 0 spiro atoms. The summed E-state index contributed by atoms with van der Waals surface area (Å²) in [5.41, 5.74) is 1.86. The number of benzene rings is 1. The van der Waals surface area contributed by atoms with E-state index in [2.05, 4.69) is 15.2 Å². The fourth-order valence-electron chi connectivity index (χ4n) is 3.05. The maximum Gasteiger partial charge on any atom is 0.335 e. The molecule has 1 fully saturated rings. The van der Waals surface area contributed by atoms with Crippen LogP contribution in [-0.2, 0) is 0 Å². The molecule has 1 saturated heterocycles. The minimum absolute atomic E-state index is 0.159. The molecular weight excluding hydrogens is 318 g/mol. The number of carboxylic acid groups (broad SMARTS) is 1. The number of amides is 1. The summed E-state index contributed by atoms with van der Waals surface area (Å²) in [6.45, 7) is 2.58. The number of nitrogens with zero attached hydrogens (tertiary/aromatic N) is 2. The van der Waals surface area contributed by atoms with Crippen LogP contribution in [0.4, 0.5) is 5.69 Å². The van der Waals surface area contributed by atoms with Gasteiger partial charge in [0.1, 0.15) is 0 Å². The summed E-state index contributed by atoms with van der Waals surface area (Å²) >= 11 is 0. The first-order valence-electron chi connectivity index (χ1n) is 8.40. The fourth-order valence-corrected chi connectivity index (χ4v) is 3.05. The molecule has 0 unspecified atom stereocenters. The molecule has 0 saturated carbocycles. The van der Waals surface area contributed by atoms with Crippen LogP contribution in [0.1, 0.15) is 33.6 Å². The van der Waals surface area contributed by atoms with Gasteiger partial charge in [-0.3, -0.25) is 9.78 Å². The third kappa shape index (κ3) is 4.35. The Labute approximate surface area is 146 Å². The van der Waals surface area contributed by atoms with Crippen molar-refractivity contribution in [2.75, 3.05) is 24.5 Å². The largest absolute Gasteiger partial charge is 0.478 e. The zero-order valence-corrected chi connectivity index (χ0v) is 13.9. The minimum Gasteiger partial charge on any atom is -0.478 e. The number of pyridine rings is 1. The molecule has 6 nitrogen and oxygen atoms in total. The van der Waals surface area contributed by atoms with Crippen LogP contribution in [0.5, 0.6) is 0 Å². The number of carbonyl (C=O) groups excluding carboxylic acids is 1. The second-order valence-corrected chi connectivity index (χ2v) is 6.23.